The summed E-state index contributed by atoms with van der Waals surface area (Å²) in [6, 6.07) is 0. The van der Waals surface area contributed by atoms with Crippen molar-refractivity contribution in [3.05, 3.63) is 23.8 Å². The summed E-state index contributed by atoms with van der Waals surface area (Å²) >= 11 is 0. The fraction of sp³-hybridized carbons (Fsp3) is 0.733. The standard InChI is InChI=1S/C15H24O3/c1-13(2)9-12-11(10-16)5-4-6-14(3,17)7-8-15(12,13)18/h4-6,12,16-18H,7-10H2,1-3H3/b6-4+,11-5+. The molecule has 3 nitrogen and oxygen atoms in total. The van der Waals surface area contributed by atoms with Crippen LogP contribution in [-0.4, -0.2) is 33.1 Å². The lowest BCUT2D eigenvalue weighted by Crippen LogP contribution is -2.62. The predicted octanol–water partition coefficient (Wildman–Crippen LogP) is 1.78. The summed E-state index contributed by atoms with van der Waals surface area (Å²) < 4.78 is 0. The zero-order valence-corrected chi connectivity index (χ0v) is 11.5. The van der Waals surface area contributed by atoms with Crippen molar-refractivity contribution >= 4 is 0 Å². The first kappa shape index (κ1) is 13.8. The SMILES string of the molecule is CC1(O)/C=C/C=C(\CO)C2CC(C)(C)C2(O)CC1. The zero-order chi connectivity index (χ0) is 13.6. The fourth-order valence-electron chi connectivity index (χ4n) is 3.33. The molecule has 3 unspecified atom stereocenters. The third kappa shape index (κ3) is 2.04. The second-order valence-electron chi connectivity index (χ2n) is 6.68. The van der Waals surface area contributed by atoms with E-state index >= 15 is 0 Å². The summed E-state index contributed by atoms with van der Waals surface area (Å²) in [5, 5.41) is 30.6. The number of hydrogen-bond donors (Lipinski definition) is 3. The minimum atomic E-state index is -0.895. The molecule has 0 saturated heterocycles. The van der Waals surface area contributed by atoms with E-state index in [4.69, 9.17) is 0 Å². The molecule has 0 spiro atoms. The summed E-state index contributed by atoms with van der Waals surface area (Å²) in [6.07, 6.45) is 7.34. The van der Waals surface area contributed by atoms with Crippen LogP contribution in [0.15, 0.2) is 23.8 Å². The normalized spacial score (nSPS) is 47.7. The molecule has 3 N–H and O–H groups in total. The topological polar surface area (TPSA) is 60.7 Å². The highest BCUT2D eigenvalue weighted by molar-refractivity contribution is 5.28. The van der Waals surface area contributed by atoms with Gasteiger partial charge in [-0.1, -0.05) is 32.1 Å². The van der Waals surface area contributed by atoms with Gasteiger partial charge in [0.25, 0.3) is 0 Å². The number of aliphatic hydroxyl groups excluding tert-OH is 1. The molecular formula is C15H24O3. The highest BCUT2D eigenvalue weighted by Gasteiger charge is 2.60. The minimum Gasteiger partial charge on any atom is -0.392 e. The third-order valence-corrected chi connectivity index (χ3v) is 4.87. The highest BCUT2D eigenvalue weighted by Crippen LogP contribution is 2.59. The molecule has 0 amide bonds. The first-order chi connectivity index (χ1) is 8.22. The van der Waals surface area contributed by atoms with Crippen LogP contribution in [0.4, 0.5) is 0 Å². The monoisotopic (exact) mass is 252 g/mol. The van der Waals surface area contributed by atoms with Crippen molar-refractivity contribution in [1.82, 2.24) is 0 Å². The van der Waals surface area contributed by atoms with E-state index in [1.807, 2.05) is 6.08 Å². The number of hydrogen-bond acceptors (Lipinski definition) is 3. The summed E-state index contributed by atoms with van der Waals surface area (Å²) in [7, 11) is 0. The summed E-state index contributed by atoms with van der Waals surface area (Å²) in [4.78, 5) is 0. The van der Waals surface area contributed by atoms with Crippen LogP contribution >= 0.6 is 0 Å². The molecule has 0 aromatic heterocycles. The Labute approximate surface area is 109 Å². The fourth-order valence-corrected chi connectivity index (χ4v) is 3.33. The number of allylic oxidation sites excluding steroid dienone is 2. The van der Waals surface area contributed by atoms with E-state index in [2.05, 4.69) is 13.8 Å². The average Bonchev–Trinajstić information content (AvgIpc) is 2.32. The van der Waals surface area contributed by atoms with E-state index in [1.54, 1.807) is 19.1 Å². The first-order valence-electron chi connectivity index (χ1n) is 6.66. The molecule has 3 atom stereocenters. The molecular weight excluding hydrogens is 228 g/mol. The lowest BCUT2D eigenvalue weighted by atomic mass is 9.48. The Morgan fingerprint density at radius 1 is 1.22 bits per heavy atom. The third-order valence-electron chi connectivity index (χ3n) is 4.87. The predicted molar refractivity (Wildman–Crippen MR) is 71.0 cm³/mol. The van der Waals surface area contributed by atoms with Crippen LogP contribution in [0.25, 0.3) is 0 Å². The van der Waals surface area contributed by atoms with Gasteiger partial charge in [-0.15, -0.1) is 0 Å². The molecule has 0 aromatic carbocycles. The maximum atomic E-state index is 10.9. The molecule has 18 heavy (non-hydrogen) atoms. The van der Waals surface area contributed by atoms with Crippen LogP contribution in [0, 0.1) is 11.3 Å². The van der Waals surface area contributed by atoms with Crippen LogP contribution < -0.4 is 0 Å². The van der Waals surface area contributed by atoms with Crippen LogP contribution in [-0.2, 0) is 0 Å². The highest BCUT2D eigenvalue weighted by atomic mass is 16.3. The molecule has 1 saturated carbocycles. The van der Waals surface area contributed by atoms with E-state index in [0.717, 1.165) is 12.0 Å². The van der Waals surface area contributed by atoms with E-state index in [0.29, 0.717) is 12.8 Å². The maximum Gasteiger partial charge on any atom is 0.0803 e. The quantitative estimate of drug-likeness (QED) is 0.666. The summed E-state index contributed by atoms with van der Waals surface area (Å²) in [5.74, 6) is 0.0102. The Morgan fingerprint density at radius 3 is 2.44 bits per heavy atom. The van der Waals surface area contributed by atoms with Gasteiger partial charge in [-0.3, -0.25) is 0 Å². The second-order valence-corrected chi connectivity index (χ2v) is 6.68. The summed E-state index contributed by atoms with van der Waals surface area (Å²) in [6.45, 7) is 5.83. The Balaban J connectivity index is 2.36. The number of aliphatic hydroxyl groups is 3. The lowest BCUT2D eigenvalue weighted by Gasteiger charge is -2.60. The van der Waals surface area contributed by atoms with Crippen molar-refractivity contribution in [3.63, 3.8) is 0 Å². The van der Waals surface area contributed by atoms with E-state index < -0.39 is 11.2 Å². The van der Waals surface area contributed by atoms with E-state index in [-0.39, 0.29) is 17.9 Å². The van der Waals surface area contributed by atoms with Gasteiger partial charge in [0.05, 0.1) is 17.8 Å². The number of fused-ring (bicyclic) bond motifs is 1. The van der Waals surface area contributed by atoms with Crippen molar-refractivity contribution < 1.29 is 15.3 Å². The maximum absolute atomic E-state index is 10.9. The minimum absolute atomic E-state index is 0.0102. The largest absolute Gasteiger partial charge is 0.392 e. The number of rotatable bonds is 1. The smallest absolute Gasteiger partial charge is 0.0803 e. The zero-order valence-electron chi connectivity index (χ0n) is 11.5. The lowest BCUT2D eigenvalue weighted by molar-refractivity contribution is -0.197. The molecule has 0 radical (unpaired) electrons. The first-order valence-corrected chi connectivity index (χ1v) is 6.66. The Kier molecular flexibility index (Phi) is 3.21. The van der Waals surface area contributed by atoms with E-state index in [1.165, 1.54) is 0 Å². The van der Waals surface area contributed by atoms with Gasteiger partial charge in [-0.25, -0.2) is 0 Å². The molecule has 2 aliphatic rings. The van der Waals surface area contributed by atoms with Gasteiger partial charge in [0, 0.05) is 5.92 Å². The molecule has 0 heterocycles. The van der Waals surface area contributed by atoms with E-state index in [9.17, 15) is 15.3 Å². The van der Waals surface area contributed by atoms with Gasteiger partial charge in [0.15, 0.2) is 0 Å². The van der Waals surface area contributed by atoms with Crippen molar-refractivity contribution in [2.24, 2.45) is 11.3 Å². The second kappa shape index (κ2) is 4.19. The Hall–Kier alpha value is -0.640. The van der Waals surface area contributed by atoms with Crippen molar-refractivity contribution in [3.8, 4) is 0 Å². The van der Waals surface area contributed by atoms with Gasteiger partial charge < -0.3 is 15.3 Å². The van der Waals surface area contributed by atoms with Gasteiger partial charge in [0.2, 0.25) is 0 Å². The molecule has 2 rings (SSSR count). The molecule has 1 fully saturated rings. The van der Waals surface area contributed by atoms with Crippen LogP contribution in [0.1, 0.15) is 40.0 Å². The van der Waals surface area contributed by atoms with Crippen LogP contribution in [0.2, 0.25) is 0 Å². The molecule has 0 aliphatic heterocycles. The van der Waals surface area contributed by atoms with Crippen molar-refractivity contribution in [1.29, 1.82) is 0 Å². The van der Waals surface area contributed by atoms with Crippen LogP contribution in [0.3, 0.4) is 0 Å². The Bertz CT molecular complexity index is 393. The molecule has 0 aromatic rings. The van der Waals surface area contributed by atoms with Gasteiger partial charge in [-0.2, -0.15) is 0 Å². The van der Waals surface area contributed by atoms with Gasteiger partial charge in [-0.05, 0) is 37.2 Å². The van der Waals surface area contributed by atoms with Gasteiger partial charge >= 0.3 is 0 Å². The Morgan fingerprint density at radius 2 is 1.89 bits per heavy atom. The van der Waals surface area contributed by atoms with Crippen LogP contribution in [0.5, 0.6) is 0 Å². The summed E-state index contributed by atoms with van der Waals surface area (Å²) in [5.41, 5.74) is -1.01. The average molecular weight is 252 g/mol. The molecule has 0 bridgehead atoms. The molecule has 2 aliphatic carbocycles. The molecule has 3 heteroatoms. The molecule has 102 valence electrons. The van der Waals surface area contributed by atoms with Crippen molar-refractivity contribution in [2.45, 2.75) is 51.2 Å². The van der Waals surface area contributed by atoms with Crippen molar-refractivity contribution in [2.75, 3.05) is 6.61 Å². The van der Waals surface area contributed by atoms with Gasteiger partial charge in [0.1, 0.15) is 0 Å².